The SMILES string of the molecule is C1=CC(CCN2CCCC2)=N[N]1. The quantitative estimate of drug-likeness (QED) is 0.611. The van der Waals surface area contributed by atoms with E-state index in [4.69, 9.17) is 0 Å². The van der Waals surface area contributed by atoms with Crippen molar-refractivity contribution < 1.29 is 0 Å². The van der Waals surface area contributed by atoms with Gasteiger partial charge in [-0.3, -0.25) is 0 Å². The van der Waals surface area contributed by atoms with Crippen molar-refractivity contribution in [1.82, 2.24) is 10.3 Å². The monoisotopic (exact) mass is 164 g/mol. The molecule has 2 rings (SSSR count). The molecule has 0 atom stereocenters. The molecule has 0 N–H and O–H groups in total. The highest BCUT2D eigenvalue weighted by atomic mass is 15.3. The van der Waals surface area contributed by atoms with E-state index in [-0.39, 0.29) is 0 Å². The van der Waals surface area contributed by atoms with Crippen LogP contribution in [0.15, 0.2) is 17.4 Å². The molecule has 0 aromatic heterocycles. The zero-order chi connectivity index (χ0) is 8.23. The number of hydrogen-bond acceptors (Lipinski definition) is 2. The Morgan fingerprint density at radius 3 is 2.83 bits per heavy atom. The Hall–Kier alpha value is -0.830. The summed E-state index contributed by atoms with van der Waals surface area (Å²) in [5, 5.41) is 4.00. The van der Waals surface area contributed by atoms with Gasteiger partial charge in [0.25, 0.3) is 0 Å². The third-order valence-electron chi connectivity index (χ3n) is 2.40. The van der Waals surface area contributed by atoms with Gasteiger partial charge >= 0.3 is 0 Å². The molecule has 0 spiro atoms. The second kappa shape index (κ2) is 3.72. The molecular weight excluding hydrogens is 150 g/mol. The zero-order valence-corrected chi connectivity index (χ0v) is 7.24. The van der Waals surface area contributed by atoms with Gasteiger partial charge < -0.3 is 4.90 Å². The molecule has 0 bridgehead atoms. The highest BCUT2D eigenvalue weighted by molar-refractivity contribution is 5.96. The van der Waals surface area contributed by atoms with E-state index in [1.807, 2.05) is 6.08 Å². The molecule has 0 aliphatic carbocycles. The lowest BCUT2D eigenvalue weighted by Crippen LogP contribution is -2.21. The van der Waals surface area contributed by atoms with Gasteiger partial charge in [-0.25, -0.2) is 0 Å². The third-order valence-corrected chi connectivity index (χ3v) is 2.40. The van der Waals surface area contributed by atoms with Gasteiger partial charge in [-0.05, 0) is 32.0 Å². The molecule has 0 unspecified atom stereocenters. The molecule has 2 aliphatic heterocycles. The summed E-state index contributed by atoms with van der Waals surface area (Å²) in [4.78, 5) is 2.49. The van der Waals surface area contributed by atoms with Crippen LogP contribution in [0.2, 0.25) is 0 Å². The maximum Gasteiger partial charge on any atom is 0.0659 e. The molecular formula is C9H14N3. The molecule has 0 saturated carbocycles. The van der Waals surface area contributed by atoms with E-state index in [1.54, 1.807) is 6.20 Å². The van der Waals surface area contributed by atoms with E-state index in [0.29, 0.717) is 0 Å². The minimum absolute atomic E-state index is 1.06. The first kappa shape index (κ1) is 7.80. The first-order valence-electron chi connectivity index (χ1n) is 4.61. The second-order valence-corrected chi connectivity index (χ2v) is 3.32. The standard InChI is InChI=1S/C9H14N3/c1-2-7-12(6-1)8-4-9-3-5-10-11-9/h3,5H,1-2,4,6-8H2. The van der Waals surface area contributed by atoms with Crippen LogP contribution >= 0.6 is 0 Å². The Labute approximate surface area is 73.1 Å². The summed E-state index contributed by atoms with van der Waals surface area (Å²) >= 11 is 0. The molecule has 3 nitrogen and oxygen atoms in total. The molecule has 0 amide bonds. The Kier molecular flexibility index (Phi) is 2.42. The lowest BCUT2D eigenvalue weighted by atomic mass is 10.2. The van der Waals surface area contributed by atoms with E-state index in [9.17, 15) is 0 Å². The maximum absolute atomic E-state index is 4.00. The van der Waals surface area contributed by atoms with Crippen molar-refractivity contribution in [1.29, 1.82) is 0 Å². The van der Waals surface area contributed by atoms with E-state index in [2.05, 4.69) is 15.4 Å². The Morgan fingerprint density at radius 1 is 1.33 bits per heavy atom. The number of hydrogen-bond donors (Lipinski definition) is 0. The van der Waals surface area contributed by atoms with Crippen molar-refractivity contribution in [2.45, 2.75) is 19.3 Å². The van der Waals surface area contributed by atoms with Crippen molar-refractivity contribution in [2.75, 3.05) is 19.6 Å². The van der Waals surface area contributed by atoms with Gasteiger partial charge in [0, 0.05) is 13.0 Å². The molecule has 12 heavy (non-hydrogen) atoms. The van der Waals surface area contributed by atoms with Crippen molar-refractivity contribution in [3.8, 4) is 0 Å². The van der Waals surface area contributed by atoms with E-state index >= 15 is 0 Å². The predicted molar refractivity (Wildman–Crippen MR) is 49.0 cm³/mol. The van der Waals surface area contributed by atoms with Crippen molar-refractivity contribution >= 4 is 5.71 Å². The summed E-state index contributed by atoms with van der Waals surface area (Å²) in [5.41, 5.74) is 4.93. The average Bonchev–Trinajstić information content (AvgIpc) is 2.74. The molecule has 0 aromatic rings. The zero-order valence-electron chi connectivity index (χ0n) is 7.24. The minimum Gasteiger partial charge on any atom is -0.303 e. The van der Waals surface area contributed by atoms with Gasteiger partial charge in [-0.15, -0.1) is 0 Å². The van der Waals surface area contributed by atoms with Crippen LogP contribution in [0.25, 0.3) is 0 Å². The van der Waals surface area contributed by atoms with Gasteiger partial charge in [0.05, 0.1) is 11.9 Å². The van der Waals surface area contributed by atoms with E-state index < -0.39 is 0 Å². The molecule has 3 heteroatoms. The molecule has 65 valence electrons. The van der Waals surface area contributed by atoms with Gasteiger partial charge in [-0.2, -0.15) is 10.5 Å². The topological polar surface area (TPSA) is 29.7 Å². The van der Waals surface area contributed by atoms with E-state index in [1.165, 1.54) is 25.9 Å². The lowest BCUT2D eigenvalue weighted by molar-refractivity contribution is 0.350. The van der Waals surface area contributed by atoms with Crippen LogP contribution in [0.1, 0.15) is 19.3 Å². The van der Waals surface area contributed by atoms with E-state index in [0.717, 1.165) is 18.7 Å². The fourth-order valence-corrected chi connectivity index (χ4v) is 1.67. The van der Waals surface area contributed by atoms with Crippen LogP contribution in [-0.4, -0.2) is 30.2 Å². The fourth-order valence-electron chi connectivity index (χ4n) is 1.67. The Balaban J connectivity index is 1.70. The highest BCUT2D eigenvalue weighted by Crippen LogP contribution is 2.08. The number of likely N-dealkylation sites (tertiary alicyclic amines) is 1. The summed E-state index contributed by atoms with van der Waals surface area (Å²) in [6.45, 7) is 3.70. The fraction of sp³-hybridized carbons (Fsp3) is 0.667. The van der Waals surface area contributed by atoms with Crippen LogP contribution in [0, 0.1) is 0 Å². The Bertz CT molecular complexity index is 202. The maximum atomic E-state index is 4.00. The Morgan fingerprint density at radius 2 is 2.17 bits per heavy atom. The van der Waals surface area contributed by atoms with Crippen LogP contribution in [0.5, 0.6) is 0 Å². The molecule has 1 saturated heterocycles. The van der Waals surface area contributed by atoms with Crippen molar-refractivity contribution in [3.05, 3.63) is 12.3 Å². The highest BCUT2D eigenvalue weighted by Gasteiger charge is 2.11. The average molecular weight is 164 g/mol. The first-order valence-corrected chi connectivity index (χ1v) is 4.61. The van der Waals surface area contributed by atoms with Crippen molar-refractivity contribution in [3.63, 3.8) is 0 Å². The predicted octanol–water partition coefficient (Wildman–Crippen LogP) is 0.960. The normalized spacial score (nSPS) is 22.8. The summed E-state index contributed by atoms with van der Waals surface area (Å²) in [6.07, 6.45) is 7.55. The number of rotatable bonds is 3. The molecule has 0 aromatic carbocycles. The molecule has 2 aliphatic rings. The largest absolute Gasteiger partial charge is 0.303 e. The summed E-state index contributed by atoms with van der Waals surface area (Å²) in [6, 6.07) is 0. The summed E-state index contributed by atoms with van der Waals surface area (Å²) < 4.78 is 0. The smallest absolute Gasteiger partial charge is 0.0659 e. The number of allylic oxidation sites excluding steroid dienone is 1. The van der Waals surface area contributed by atoms with Crippen LogP contribution in [0.4, 0.5) is 0 Å². The lowest BCUT2D eigenvalue weighted by Gasteiger charge is -2.12. The summed E-state index contributed by atoms with van der Waals surface area (Å²) in [5.74, 6) is 0. The van der Waals surface area contributed by atoms with Gasteiger partial charge in [-0.1, -0.05) is 0 Å². The van der Waals surface area contributed by atoms with Crippen LogP contribution < -0.4 is 5.43 Å². The van der Waals surface area contributed by atoms with Crippen LogP contribution in [0.3, 0.4) is 0 Å². The second-order valence-electron chi connectivity index (χ2n) is 3.32. The molecule has 2 heterocycles. The van der Waals surface area contributed by atoms with Gasteiger partial charge in [0.2, 0.25) is 0 Å². The van der Waals surface area contributed by atoms with Gasteiger partial charge in [0.1, 0.15) is 0 Å². The molecule has 1 radical (unpaired) electrons. The number of nitrogens with zero attached hydrogens (tertiary/aromatic N) is 3. The van der Waals surface area contributed by atoms with Gasteiger partial charge in [0.15, 0.2) is 0 Å². The minimum atomic E-state index is 1.06. The van der Waals surface area contributed by atoms with Crippen LogP contribution in [-0.2, 0) is 0 Å². The summed E-state index contributed by atoms with van der Waals surface area (Å²) in [7, 11) is 0. The molecule has 1 fully saturated rings. The van der Waals surface area contributed by atoms with Crippen molar-refractivity contribution in [2.24, 2.45) is 5.10 Å². The first-order chi connectivity index (χ1) is 5.95. The third kappa shape index (κ3) is 1.85.